The van der Waals surface area contributed by atoms with Crippen LogP contribution in [-0.2, 0) is 0 Å². The lowest BCUT2D eigenvalue weighted by Crippen LogP contribution is -2.31. The van der Waals surface area contributed by atoms with Crippen molar-refractivity contribution in [2.24, 2.45) is 4.99 Å². The van der Waals surface area contributed by atoms with E-state index in [0.29, 0.717) is 0 Å². The fraction of sp³-hybridized carbons (Fsp3) is 0.250. The minimum absolute atomic E-state index is 0.789. The van der Waals surface area contributed by atoms with E-state index in [1.165, 1.54) is 16.6 Å². The summed E-state index contributed by atoms with van der Waals surface area (Å²) >= 11 is 6.48. The summed E-state index contributed by atoms with van der Waals surface area (Å²) < 4.78 is 0. The largest absolute Gasteiger partial charge is 0.365 e. The van der Waals surface area contributed by atoms with Crippen LogP contribution in [0.5, 0.6) is 0 Å². The summed E-state index contributed by atoms with van der Waals surface area (Å²) in [4.78, 5) is 6.95. The summed E-state index contributed by atoms with van der Waals surface area (Å²) in [5, 5.41) is 3.09. The summed E-state index contributed by atoms with van der Waals surface area (Å²) in [6.07, 6.45) is 2.82. The zero-order chi connectivity index (χ0) is 16.4. The minimum Gasteiger partial charge on any atom is -0.365 e. The first kappa shape index (κ1) is 15.8. The van der Waals surface area contributed by atoms with Crippen molar-refractivity contribution in [3.05, 3.63) is 64.8 Å². The van der Waals surface area contributed by atoms with Crippen molar-refractivity contribution >= 4 is 34.3 Å². The molecule has 2 nitrogen and oxygen atoms in total. The van der Waals surface area contributed by atoms with Crippen molar-refractivity contribution in [1.29, 1.82) is 0 Å². The van der Waals surface area contributed by atoms with Crippen molar-refractivity contribution in [3.63, 3.8) is 0 Å². The minimum atomic E-state index is 0.789. The molecule has 3 rings (SSSR count). The van der Waals surface area contributed by atoms with Crippen molar-refractivity contribution in [2.75, 3.05) is 18.0 Å². The van der Waals surface area contributed by atoms with Gasteiger partial charge in [0.15, 0.2) is 0 Å². The molecule has 2 aromatic carbocycles. The number of nitrogens with zero attached hydrogens (tertiary/aromatic N) is 2. The molecule has 1 heterocycles. The Kier molecular flexibility index (Phi) is 4.53. The first-order valence-electron chi connectivity index (χ1n) is 7.90. The van der Waals surface area contributed by atoms with Gasteiger partial charge in [-0.15, -0.1) is 0 Å². The Balaban J connectivity index is 2.06. The Hall–Kier alpha value is -2.06. The molecule has 1 aliphatic heterocycles. The van der Waals surface area contributed by atoms with E-state index in [0.717, 1.165) is 41.2 Å². The first-order chi connectivity index (χ1) is 11.1. The van der Waals surface area contributed by atoms with Crippen LogP contribution in [0.2, 0.25) is 5.02 Å². The molecule has 0 aromatic heterocycles. The van der Waals surface area contributed by atoms with Crippen molar-refractivity contribution < 1.29 is 0 Å². The summed E-state index contributed by atoms with van der Waals surface area (Å²) in [5.74, 6) is 0. The molecular weight excluding hydrogens is 304 g/mol. The average molecular weight is 325 g/mol. The number of allylic oxidation sites excluding steroid dienone is 1. The van der Waals surface area contributed by atoms with Crippen LogP contribution < -0.4 is 4.90 Å². The van der Waals surface area contributed by atoms with E-state index < -0.39 is 0 Å². The normalized spacial score (nSPS) is 15.7. The second kappa shape index (κ2) is 6.59. The van der Waals surface area contributed by atoms with Gasteiger partial charge in [0.2, 0.25) is 0 Å². The Morgan fingerprint density at radius 1 is 1.26 bits per heavy atom. The van der Waals surface area contributed by atoms with Crippen LogP contribution in [0.25, 0.3) is 10.8 Å². The molecule has 3 heteroatoms. The predicted octanol–water partition coefficient (Wildman–Crippen LogP) is 5.62. The van der Waals surface area contributed by atoms with E-state index in [-0.39, 0.29) is 0 Å². The molecule has 0 bridgehead atoms. The van der Waals surface area contributed by atoms with E-state index in [1.54, 1.807) is 0 Å². The number of halogens is 1. The quantitative estimate of drug-likeness (QED) is 0.668. The number of aliphatic imine (C=N–C) groups is 1. The van der Waals surface area contributed by atoms with E-state index in [1.807, 2.05) is 25.3 Å². The maximum atomic E-state index is 6.48. The highest BCUT2D eigenvalue weighted by Gasteiger charge is 2.21. The van der Waals surface area contributed by atoms with Crippen molar-refractivity contribution in [2.45, 2.75) is 20.3 Å². The van der Waals surface area contributed by atoms with Gasteiger partial charge in [-0.1, -0.05) is 48.0 Å². The summed E-state index contributed by atoms with van der Waals surface area (Å²) in [7, 11) is 0. The van der Waals surface area contributed by atoms with E-state index in [2.05, 4.69) is 47.7 Å². The highest BCUT2D eigenvalue weighted by atomic mass is 35.5. The predicted molar refractivity (Wildman–Crippen MR) is 102 cm³/mol. The molecule has 0 atom stereocenters. The Labute approximate surface area is 142 Å². The third-order valence-corrected chi connectivity index (χ3v) is 4.61. The van der Waals surface area contributed by atoms with Crippen LogP contribution >= 0.6 is 11.6 Å². The molecule has 0 aliphatic carbocycles. The fourth-order valence-corrected chi connectivity index (χ4v) is 3.50. The lowest BCUT2D eigenvalue weighted by molar-refractivity contribution is 0.759. The number of hydrogen-bond acceptors (Lipinski definition) is 2. The number of fused-ring (bicyclic) bond motifs is 1. The SMILES string of the molecule is C=C(C)C1=C(N=CC)CN(c2cccc3cccc(Cl)c23)CC1. The fourth-order valence-electron chi connectivity index (χ4n) is 3.23. The molecule has 0 unspecified atom stereocenters. The van der Waals surface area contributed by atoms with Gasteiger partial charge in [-0.3, -0.25) is 4.99 Å². The van der Waals surface area contributed by atoms with Gasteiger partial charge in [0.1, 0.15) is 0 Å². The number of rotatable bonds is 3. The van der Waals surface area contributed by atoms with Crippen molar-refractivity contribution in [1.82, 2.24) is 0 Å². The summed E-state index contributed by atoms with van der Waals surface area (Å²) in [6.45, 7) is 9.86. The Bertz CT molecular complexity index is 812. The molecule has 0 N–H and O–H groups in total. The third-order valence-electron chi connectivity index (χ3n) is 4.29. The topological polar surface area (TPSA) is 15.6 Å². The highest BCUT2D eigenvalue weighted by Crippen LogP contribution is 2.35. The number of anilines is 1. The molecule has 0 amide bonds. The van der Waals surface area contributed by atoms with Gasteiger partial charge in [0.05, 0.1) is 17.3 Å². The summed E-state index contributed by atoms with van der Waals surface area (Å²) in [6, 6.07) is 12.4. The lowest BCUT2D eigenvalue weighted by atomic mass is 9.98. The average Bonchev–Trinajstić information content (AvgIpc) is 2.54. The molecule has 1 aliphatic rings. The number of hydrogen-bond donors (Lipinski definition) is 0. The highest BCUT2D eigenvalue weighted by molar-refractivity contribution is 6.36. The third kappa shape index (κ3) is 3.04. The molecule has 0 spiro atoms. The standard InChI is InChI=1S/C20H21ClN2/c1-4-22-18-13-23(12-11-16(18)14(2)3)19-10-6-8-15-7-5-9-17(21)20(15)19/h4-10H,2,11-13H2,1,3H3. The summed E-state index contributed by atoms with van der Waals surface area (Å²) in [5.41, 5.74) is 4.68. The molecule has 0 radical (unpaired) electrons. The number of benzene rings is 2. The van der Waals surface area contributed by atoms with Crippen LogP contribution in [0.3, 0.4) is 0 Å². The Morgan fingerprint density at radius 2 is 2.00 bits per heavy atom. The monoisotopic (exact) mass is 324 g/mol. The molecule has 2 aromatic rings. The molecule has 0 saturated carbocycles. The van der Waals surface area contributed by atoms with E-state index >= 15 is 0 Å². The van der Waals surface area contributed by atoms with Gasteiger partial charge in [-0.05, 0) is 43.4 Å². The smallest absolute Gasteiger partial charge is 0.0627 e. The molecule has 23 heavy (non-hydrogen) atoms. The van der Waals surface area contributed by atoms with E-state index in [9.17, 15) is 0 Å². The zero-order valence-corrected chi connectivity index (χ0v) is 14.4. The Morgan fingerprint density at radius 3 is 2.70 bits per heavy atom. The zero-order valence-electron chi connectivity index (χ0n) is 13.6. The maximum Gasteiger partial charge on any atom is 0.0627 e. The van der Waals surface area contributed by atoms with Crippen LogP contribution in [-0.4, -0.2) is 19.3 Å². The van der Waals surface area contributed by atoms with Gasteiger partial charge in [-0.2, -0.15) is 0 Å². The second-order valence-electron chi connectivity index (χ2n) is 5.88. The first-order valence-corrected chi connectivity index (χ1v) is 8.28. The van der Waals surface area contributed by atoms with Crippen LogP contribution in [0.4, 0.5) is 5.69 Å². The van der Waals surface area contributed by atoms with Crippen LogP contribution in [0.1, 0.15) is 20.3 Å². The van der Waals surface area contributed by atoms with Gasteiger partial charge in [-0.25, -0.2) is 0 Å². The molecule has 0 saturated heterocycles. The molecule has 118 valence electrons. The van der Waals surface area contributed by atoms with Gasteiger partial charge in [0, 0.05) is 23.8 Å². The lowest BCUT2D eigenvalue weighted by Gasteiger charge is -2.32. The van der Waals surface area contributed by atoms with Crippen LogP contribution in [0, 0.1) is 0 Å². The molecular formula is C20H21ClN2. The van der Waals surface area contributed by atoms with Gasteiger partial charge >= 0.3 is 0 Å². The van der Waals surface area contributed by atoms with Gasteiger partial charge in [0.25, 0.3) is 0 Å². The van der Waals surface area contributed by atoms with E-state index in [4.69, 9.17) is 11.6 Å². The van der Waals surface area contributed by atoms with Gasteiger partial charge < -0.3 is 4.90 Å². The maximum absolute atomic E-state index is 6.48. The second-order valence-corrected chi connectivity index (χ2v) is 6.29. The molecule has 0 fully saturated rings. The van der Waals surface area contributed by atoms with Crippen LogP contribution in [0.15, 0.2) is 64.8 Å². The van der Waals surface area contributed by atoms with Crippen molar-refractivity contribution in [3.8, 4) is 0 Å².